The molecule has 0 unspecified atom stereocenters. The molecule has 2 aromatic heterocycles. The molecule has 0 amide bonds. The molecule has 0 fully saturated rings. The van der Waals surface area contributed by atoms with Crippen molar-refractivity contribution < 1.29 is 14.3 Å². The molecule has 0 radical (unpaired) electrons. The van der Waals surface area contributed by atoms with Crippen LogP contribution in [-0.2, 0) is 0 Å². The van der Waals surface area contributed by atoms with E-state index in [0.717, 1.165) is 4.68 Å². The Bertz CT molecular complexity index is 1330. The average molecular weight is 375 g/mol. The molecule has 0 aliphatic heterocycles. The number of carboxylic acid groups (broad SMARTS) is 1. The van der Waals surface area contributed by atoms with E-state index in [1.54, 1.807) is 48.5 Å². The van der Waals surface area contributed by atoms with Gasteiger partial charge in [-0.05, 0) is 36.4 Å². The van der Waals surface area contributed by atoms with E-state index in [1.165, 1.54) is 18.3 Å². The smallest absolute Gasteiger partial charge is 0.349 e. The topological polar surface area (TPSA) is 118 Å². The maximum Gasteiger partial charge on any atom is 0.349 e. The quantitative estimate of drug-likeness (QED) is 0.532. The number of aromatic amines is 1. The van der Waals surface area contributed by atoms with Gasteiger partial charge in [-0.1, -0.05) is 24.3 Å². The first kappa shape index (κ1) is 17.2. The highest BCUT2D eigenvalue weighted by Gasteiger charge is 2.08. The molecular formula is C20H13N3O5. The maximum absolute atomic E-state index is 12.4. The summed E-state index contributed by atoms with van der Waals surface area (Å²) in [6.45, 7) is 0. The molecule has 2 aromatic carbocycles. The Labute approximate surface area is 157 Å². The van der Waals surface area contributed by atoms with Gasteiger partial charge in [-0.15, -0.1) is 4.68 Å². The van der Waals surface area contributed by atoms with Crippen molar-refractivity contribution in [3.05, 3.63) is 92.8 Å². The summed E-state index contributed by atoms with van der Waals surface area (Å²) in [5.41, 5.74) is 0.106. The number of fused-ring (bicyclic) bond motifs is 1. The van der Waals surface area contributed by atoms with Gasteiger partial charge in [-0.2, -0.15) is 5.10 Å². The van der Waals surface area contributed by atoms with Gasteiger partial charge >= 0.3 is 11.7 Å². The van der Waals surface area contributed by atoms with Gasteiger partial charge < -0.3 is 14.5 Å². The van der Waals surface area contributed by atoms with E-state index in [-0.39, 0.29) is 5.56 Å². The van der Waals surface area contributed by atoms with Gasteiger partial charge in [0.25, 0.3) is 5.56 Å². The molecule has 138 valence electrons. The lowest BCUT2D eigenvalue weighted by atomic mass is 10.1. The summed E-state index contributed by atoms with van der Waals surface area (Å²) in [6.07, 6.45) is 1.26. The molecule has 4 aromatic rings. The van der Waals surface area contributed by atoms with Crippen LogP contribution in [0.25, 0.3) is 22.2 Å². The fourth-order valence-electron chi connectivity index (χ4n) is 2.73. The van der Waals surface area contributed by atoms with Crippen molar-refractivity contribution in [2.24, 2.45) is 5.10 Å². The molecule has 8 heteroatoms. The fourth-order valence-corrected chi connectivity index (χ4v) is 2.73. The second kappa shape index (κ2) is 6.84. The van der Waals surface area contributed by atoms with Crippen LogP contribution >= 0.6 is 0 Å². The van der Waals surface area contributed by atoms with Gasteiger partial charge in [-0.25, -0.2) is 9.59 Å². The predicted molar refractivity (Wildman–Crippen MR) is 103 cm³/mol. The molecular weight excluding hydrogens is 362 g/mol. The number of aromatic nitrogens is 2. The van der Waals surface area contributed by atoms with Gasteiger partial charge in [-0.3, -0.25) is 4.79 Å². The molecule has 0 aliphatic rings. The van der Waals surface area contributed by atoms with Crippen molar-refractivity contribution in [3.63, 3.8) is 0 Å². The first-order valence-electron chi connectivity index (χ1n) is 8.25. The van der Waals surface area contributed by atoms with Gasteiger partial charge in [0.1, 0.15) is 11.5 Å². The number of hydrogen-bond acceptors (Lipinski definition) is 5. The Hall–Kier alpha value is -4.20. The van der Waals surface area contributed by atoms with Crippen molar-refractivity contribution in [1.82, 2.24) is 9.66 Å². The number of hydrogen-bond donors (Lipinski definition) is 2. The highest BCUT2D eigenvalue weighted by Crippen LogP contribution is 2.22. The van der Waals surface area contributed by atoms with Crippen molar-refractivity contribution in [1.29, 1.82) is 0 Å². The molecule has 2 N–H and O–H groups in total. The van der Waals surface area contributed by atoms with E-state index in [1.807, 2.05) is 0 Å². The number of carboxylic acids is 1. The molecule has 0 bridgehead atoms. The Morgan fingerprint density at radius 3 is 2.54 bits per heavy atom. The van der Waals surface area contributed by atoms with Gasteiger partial charge in [0.2, 0.25) is 0 Å². The van der Waals surface area contributed by atoms with Gasteiger partial charge in [0, 0.05) is 5.56 Å². The third-order valence-corrected chi connectivity index (χ3v) is 4.13. The van der Waals surface area contributed by atoms with Crippen molar-refractivity contribution in [3.8, 4) is 11.3 Å². The van der Waals surface area contributed by atoms with E-state index >= 15 is 0 Å². The number of carbonyl (C=O) groups is 1. The second-order valence-electron chi connectivity index (χ2n) is 5.92. The third kappa shape index (κ3) is 3.14. The molecule has 0 spiro atoms. The standard InChI is InChI=1S/C20H13N3O5/c24-18-15-3-1-2-4-16(15)22-20(27)23(18)21-11-14-9-10-17(28-14)12-5-7-13(8-6-12)19(25)26/h1-11H,(H,22,27)(H,25,26). The zero-order valence-electron chi connectivity index (χ0n) is 14.3. The largest absolute Gasteiger partial charge is 0.478 e. The predicted octanol–water partition coefficient (Wildman–Crippen LogP) is 2.53. The number of para-hydroxylation sites is 1. The summed E-state index contributed by atoms with van der Waals surface area (Å²) in [5, 5.41) is 13.2. The summed E-state index contributed by atoms with van der Waals surface area (Å²) >= 11 is 0. The number of H-pyrrole nitrogens is 1. The van der Waals surface area contributed by atoms with E-state index in [2.05, 4.69) is 10.1 Å². The van der Waals surface area contributed by atoms with Crippen LogP contribution < -0.4 is 11.2 Å². The normalized spacial score (nSPS) is 11.3. The Kier molecular flexibility index (Phi) is 4.21. The lowest BCUT2D eigenvalue weighted by Gasteiger charge is -2.00. The summed E-state index contributed by atoms with van der Waals surface area (Å²) < 4.78 is 6.36. The summed E-state index contributed by atoms with van der Waals surface area (Å²) in [6, 6.07) is 16.2. The number of nitrogens with zero attached hydrogens (tertiary/aromatic N) is 2. The lowest BCUT2D eigenvalue weighted by Crippen LogP contribution is -2.32. The van der Waals surface area contributed by atoms with Gasteiger partial charge in [0.05, 0.1) is 22.7 Å². The van der Waals surface area contributed by atoms with Crippen molar-refractivity contribution in [2.75, 3.05) is 0 Å². The Morgan fingerprint density at radius 1 is 1.04 bits per heavy atom. The van der Waals surface area contributed by atoms with Crippen LogP contribution in [0.4, 0.5) is 0 Å². The average Bonchev–Trinajstić information content (AvgIpc) is 3.17. The Balaban J connectivity index is 1.65. The maximum atomic E-state index is 12.4. The van der Waals surface area contributed by atoms with Crippen molar-refractivity contribution in [2.45, 2.75) is 0 Å². The monoisotopic (exact) mass is 375 g/mol. The van der Waals surface area contributed by atoms with Crippen molar-refractivity contribution >= 4 is 23.1 Å². The fraction of sp³-hybridized carbons (Fsp3) is 0. The minimum atomic E-state index is -1.01. The number of rotatable bonds is 4. The molecule has 2 heterocycles. The van der Waals surface area contributed by atoms with E-state index in [9.17, 15) is 14.4 Å². The zero-order valence-corrected chi connectivity index (χ0v) is 14.3. The summed E-state index contributed by atoms with van der Waals surface area (Å²) in [5.74, 6) is -0.181. The first-order chi connectivity index (χ1) is 13.5. The molecule has 8 nitrogen and oxygen atoms in total. The number of aromatic carboxylic acids is 1. The third-order valence-electron chi connectivity index (χ3n) is 4.13. The SMILES string of the molecule is O=C(O)c1ccc(-c2ccc(C=Nn3c(=O)[nH]c4ccccc4c3=O)o2)cc1. The van der Waals surface area contributed by atoms with Crippen LogP contribution in [0.3, 0.4) is 0 Å². The molecule has 4 rings (SSSR count). The number of benzene rings is 2. The van der Waals surface area contributed by atoms with Crippen LogP contribution in [0.2, 0.25) is 0 Å². The highest BCUT2D eigenvalue weighted by atomic mass is 16.4. The van der Waals surface area contributed by atoms with Crippen LogP contribution in [0.5, 0.6) is 0 Å². The van der Waals surface area contributed by atoms with Gasteiger partial charge in [0.15, 0.2) is 0 Å². The highest BCUT2D eigenvalue weighted by molar-refractivity contribution is 5.88. The zero-order chi connectivity index (χ0) is 19.7. The van der Waals surface area contributed by atoms with Crippen LogP contribution in [0.15, 0.2) is 79.8 Å². The molecule has 0 atom stereocenters. The summed E-state index contributed by atoms with van der Waals surface area (Å²) in [7, 11) is 0. The molecule has 0 saturated carbocycles. The van der Waals surface area contributed by atoms with E-state index < -0.39 is 17.2 Å². The first-order valence-corrected chi connectivity index (χ1v) is 8.25. The van der Waals surface area contributed by atoms with E-state index in [4.69, 9.17) is 9.52 Å². The van der Waals surface area contributed by atoms with Crippen LogP contribution in [0, 0.1) is 0 Å². The second-order valence-corrected chi connectivity index (χ2v) is 5.92. The molecule has 28 heavy (non-hydrogen) atoms. The molecule has 0 saturated heterocycles. The van der Waals surface area contributed by atoms with E-state index in [0.29, 0.717) is 28.0 Å². The Morgan fingerprint density at radius 2 is 1.79 bits per heavy atom. The minimum Gasteiger partial charge on any atom is -0.478 e. The molecule has 0 aliphatic carbocycles. The van der Waals surface area contributed by atoms with Crippen LogP contribution in [0.1, 0.15) is 16.1 Å². The number of furan rings is 1. The number of nitrogens with one attached hydrogen (secondary N) is 1. The lowest BCUT2D eigenvalue weighted by molar-refractivity contribution is 0.0697. The van der Waals surface area contributed by atoms with Crippen LogP contribution in [-0.4, -0.2) is 27.0 Å². The summed E-state index contributed by atoms with van der Waals surface area (Å²) in [4.78, 5) is 38.0. The minimum absolute atomic E-state index is 0.173.